The molecule has 0 aliphatic heterocycles. The van der Waals surface area contributed by atoms with Gasteiger partial charge in [0.2, 0.25) is 5.91 Å². The SMILES string of the molecule is Cc1cccc(CC(=O)N[C@H](CCO)C(=O)O)c1. The Labute approximate surface area is 105 Å². The molecular weight excluding hydrogens is 234 g/mol. The van der Waals surface area contributed by atoms with Crippen molar-refractivity contribution in [3.63, 3.8) is 0 Å². The number of carbonyl (C=O) groups is 2. The number of aliphatic hydroxyl groups excluding tert-OH is 1. The predicted molar refractivity (Wildman–Crippen MR) is 66.2 cm³/mol. The molecule has 5 nitrogen and oxygen atoms in total. The van der Waals surface area contributed by atoms with E-state index in [2.05, 4.69) is 5.32 Å². The van der Waals surface area contributed by atoms with Crippen molar-refractivity contribution in [3.8, 4) is 0 Å². The Bertz CT molecular complexity index is 431. The van der Waals surface area contributed by atoms with Gasteiger partial charge in [-0.15, -0.1) is 0 Å². The molecule has 0 aliphatic carbocycles. The van der Waals surface area contributed by atoms with Gasteiger partial charge in [-0.05, 0) is 12.5 Å². The summed E-state index contributed by atoms with van der Waals surface area (Å²) < 4.78 is 0. The van der Waals surface area contributed by atoms with Crippen LogP contribution in [0.2, 0.25) is 0 Å². The molecule has 1 aromatic carbocycles. The number of benzene rings is 1. The summed E-state index contributed by atoms with van der Waals surface area (Å²) in [5.41, 5.74) is 1.88. The van der Waals surface area contributed by atoms with Crippen molar-refractivity contribution in [1.29, 1.82) is 0 Å². The number of rotatable bonds is 6. The summed E-state index contributed by atoms with van der Waals surface area (Å²) in [6.07, 6.45) is 0.145. The lowest BCUT2D eigenvalue weighted by Gasteiger charge is -2.13. The van der Waals surface area contributed by atoms with Gasteiger partial charge in [-0.3, -0.25) is 4.79 Å². The molecule has 0 bridgehead atoms. The van der Waals surface area contributed by atoms with Crippen LogP contribution in [0, 0.1) is 6.92 Å². The van der Waals surface area contributed by atoms with Crippen molar-refractivity contribution in [3.05, 3.63) is 35.4 Å². The standard InChI is InChI=1S/C13H17NO4/c1-9-3-2-4-10(7-9)8-12(16)14-11(5-6-15)13(17)18/h2-4,7,11,15H,5-6,8H2,1H3,(H,14,16)(H,17,18)/t11-/m1/s1. The highest BCUT2D eigenvalue weighted by molar-refractivity contribution is 5.84. The van der Waals surface area contributed by atoms with Crippen LogP contribution in [0.15, 0.2) is 24.3 Å². The number of carboxylic acids is 1. The molecule has 0 spiro atoms. The Kier molecular flexibility index (Phi) is 5.32. The Hall–Kier alpha value is -1.88. The van der Waals surface area contributed by atoms with Crippen LogP contribution >= 0.6 is 0 Å². The Morgan fingerprint density at radius 3 is 2.67 bits per heavy atom. The van der Waals surface area contributed by atoms with E-state index in [0.29, 0.717) is 0 Å². The molecule has 0 radical (unpaired) electrons. The van der Waals surface area contributed by atoms with Crippen LogP contribution in [0.25, 0.3) is 0 Å². The maximum absolute atomic E-state index is 11.7. The summed E-state index contributed by atoms with van der Waals surface area (Å²) >= 11 is 0. The largest absolute Gasteiger partial charge is 0.480 e. The number of carboxylic acid groups (broad SMARTS) is 1. The highest BCUT2D eigenvalue weighted by Crippen LogP contribution is 2.05. The topological polar surface area (TPSA) is 86.6 Å². The van der Waals surface area contributed by atoms with Crippen molar-refractivity contribution < 1.29 is 19.8 Å². The average molecular weight is 251 g/mol. The lowest BCUT2D eigenvalue weighted by molar-refractivity contribution is -0.142. The summed E-state index contributed by atoms with van der Waals surface area (Å²) in [7, 11) is 0. The van der Waals surface area contributed by atoms with Gasteiger partial charge in [-0.1, -0.05) is 29.8 Å². The van der Waals surface area contributed by atoms with E-state index in [9.17, 15) is 9.59 Å². The summed E-state index contributed by atoms with van der Waals surface area (Å²) in [6, 6.07) is 6.43. The zero-order valence-electron chi connectivity index (χ0n) is 10.2. The molecule has 3 N–H and O–H groups in total. The normalized spacial score (nSPS) is 11.9. The van der Waals surface area contributed by atoms with Gasteiger partial charge in [0.25, 0.3) is 0 Å². The van der Waals surface area contributed by atoms with Crippen LogP contribution in [0.4, 0.5) is 0 Å². The smallest absolute Gasteiger partial charge is 0.326 e. The lowest BCUT2D eigenvalue weighted by Crippen LogP contribution is -2.42. The molecule has 0 heterocycles. The first-order chi connectivity index (χ1) is 8.52. The number of hydrogen-bond donors (Lipinski definition) is 3. The molecule has 0 fully saturated rings. The minimum absolute atomic E-state index is 0.00882. The summed E-state index contributed by atoms with van der Waals surface area (Å²) in [5, 5.41) is 19.9. The zero-order valence-corrected chi connectivity index (χ0v) is 10.2. The van der Waals surface area contributed by atoms with Crippen molar-refractivity contribution in [2.75, 3.05) is 6.61 Å². The first kappa shape index (κ1) is 14.2. The van der Waals surface area contributed by atoms with Crippen LogP contribution < -0.4 is 5.32 Å². The molecule has 5 heteroatoms. The van der Waals surface area contributed by atoms with Gasteiger partial charge in [0.15, 0.2) is 0 Å². The maximum Gasteiger partial charge on any atom is 0.326 e. The van der Waals surface area contributed by atoms with Crippen LogP contribution in [0.1, 0.15) is 17.5 Å². The van der Waals surface area contributed by atoms with E-state index in [1.807, 2.05) is 31.2 Å². The third-order valence-corrected chi connectivity index (χ3v) is 2.50. The van der Waals surface area contributed by atoms with Gasteiger partial charge < -0.3 is 15.5 Å². The van der Waals surface area contributed by atoms with E-state index < -0.39 is 12.0 Å². The molecule has 0 aromatic heterocycles. The van der Waals surface area contributed by atoms with E-state index >= 15 is 0 Å². The van der Waals surface area contributed by atoms with Crippen molar-refractivity contribution in [2.24, 2.45) is 0 Å². The van der Waals surface area contributed by atoms with Crippen molar-refractivity contribution >= 4 is 11.9 Å². The van der Waals surface area contributed by atoms with Crippen molar-refractivity contribution in [2.45, 2.75) is 25.8 Å². The second-order valence-electron chi connectivity index (χ2n) is 4.14. The zero-order chi connectivity index (χ0) is 13.5. The van der Waals surface area contributed by atoms with Gasteiger partial charge in [-0.2, -0.15) is 0 Å². The van der Waals surface area contributed by atoms with Crippen LogP contribution in [-0.2, 0) is 16.0 Å². The molecule has 0 aliphatic rings. The number of aliphatic carboxylic acids is 1. The maximum atomic E-state index is 11.7. The quantitative estimate of drug-likeness (QED) is 0.686. The fourth-order valence-electron chi connectivity index (χ4n) is 1.64. The van der Waals surface area contributed by atoms with Gasteiger partial charge in [-0.25, -0.2) is 4.79 Å². The number of carbonyl (C=O) groups excluding carboxylic acids is 1. The minimum atomic E-state index is -1.14. The first-order valence-electron chi connectivity index (χ1n) is 5.71. The second kappa shape index (κ2) is 6.76. The number of aryl methyl sites for hydroxylation is 1. The predicted octanol–water partition coefficient (Wildman–Crippen LogP) is 0.489. The minimum Gasteiger partial charge on any atom is -0.480 e. The Morgan fingerprint density at radius 2 is 2.11 bits per heavy atom. The van der Waals surface area contributed by atoms with E-state index in [0.717, 1.165) is 11.1 Å². The van der Waals surface area contributed by atoms with E-state index in [-0.39, 0.29) is 25.4 Å². The third-order valence-electron chi connectivity index (χ3n) is 2.50. The fraction of sp³-hybridized carbons (Fsp3) is 0.385. The molecule has 1 atom stereocenters. The lowest BCUT2D eigenvalue weighted by atomic mass is 10.1. The molecule has 0 unspecified atom stereocenters. The van der Waals surface area contributed by atoms with Crippen LogP contribution in [-0.4, -0.2) is 34.7 Å². The fourth-order valence-corrected chi connectivity index (χ4v) is 1.64. The van der Waals surface area contributed by atoms with Gasteiger partial charge >= 0.3 is 5.97 Å². The van der Waals surface area contributed by atoms with Crippen molar-refractivity contribution in [1.82, 2.24) is 5.32 Å². The Balaban J connectivity index is 2.57. The van der Waals surface area contributed by atoms with E-state index in [4.69, 9.17) is 10.2 Å². The molecule has 1 rings (SSSR count). The number of nitrogens with one attached hydrogen (secondary N) is 1. The molecule has 0 saturated heterocycles. The second-order valence-corrected chi connectivity index (χ2v) is 4.14. The molecule has 18 heavy (non-hydrogen) atoms. The molecule has 0 saturated carbocycles. The molecule has 1 amide bonds. The number of hydrogen-bond acceptors (Lipinski definition) is 3. The van der Waals surface area contributed by atoms with E-state index in [1.54, 1.807) is 0 Å². The molecular formula is C13H17NO4. The summed E-state index contributed by atoms with van der Waals surface area (Å²) in [6.45, 7) is 1.65. The van der Waals surface area contributed by atoms with Crippen LogP contribution in [0.5, 0.6) is 0 Å². The average Bonchev–Trinajstić information content (AvgIpc) is 2.28. The monoisotopic (exact) mass is 251 g/mol. The molecule has 1 aromatic rings. The van der Waals surface area contributed by atoms with E-state index in [1.165, 1.54) is 0 Å². The highest BCUT2D eigenvalue weighted by atomic mass is 16.4. The Morgan fingerprint density at radius 1 is 1.39 bits per heavy atom. The summed E-state index contributed by atoms with van der Waals surface area (Å²) in [5.74, 6) is -1.50. The highest BCUT2D eigenvalue weighted by Gasteiger charge is 2.19. The van der Waals surface area contributed by atoms with Gasteiger partial charge in [0.05, 0.1) is 6.42 Å². The third kappa shape index (κ3) is 4.55. The number of amides is 1. The van der Waals surface area contributed by atoms with Gasteiger partial charge in [0.1, 0.15) is 6.04 Å². The van der Waals surface area contributed by atoms with Crippen LogP contribution in [0.3, 0.4) is 0 Å². The first-order valence-corrected chi connectivity index (χ1v) is 5.71. The van der Waals surface area contributed by atoms with Gasteiger partial charge in [0, 0.05) is 13.0 Å². The summed E-state index contributed by atoms with van der Waals surface area (Å²) in [4.78, 5) is 22.5. The molecule has 98 valence electrons. The number of aliphatic hydroxyl groups is 1.